The van der Waals surface area contributed by atoms with Crippen molar-refractivity contribution in [2.75, 3.05) is 19.6 Å². The van der Waals surface area contributed by atoms with Crippen LogP contribution in [0.3, 0.4) is 0 Å². The Kier molecular flexibility index (Phi) is 8.76. The lowest BCUT2D eigenvalue weighted by molar-refractivity contribution is -0.142. The molecule has 5 nitrogen and oxygen atoms in total. The van der Waals surface area contributed by atoms with E-state index >= 15 is 0 Å². The summed E-state index contributed by atoms with van der Waals surface area (Å²) in [5.74, 6) is 0.311. The standard InChI is InChI=1S/C13H25N3O2.ClH/c1-3-12(17)16-7-5-4-6-11(16)13(18)15-9-10(2)8-14;/h10-11H,3-9,14H2,1-2H3,(H,15,18);1H. The molecule has 2 amide bonds. The third-order valence-corrected chi connectivity index (χ3v) is 3.46. The van der Waals surface area contributed by atoms with Crippen molar-refractivity contribution >= 4 is 24.2 Å². The predicted octanol–water partition coefficient (Wildman–Crippen LogP) is 0.910. The largest absolute Gasteiger partial charge is 0.354 e. The summed E-state index contributed by atoms with van der Waals surface area (Å²) in [6.45, 7) is 5.68. The first-order valence-electron chi connectivity index (χ1n) is 6.87. The number of nitrogens with two attached hydrogens (primary N) is 1. The van der Waals surface area contributed by atoms with Gasteiger partial charge in [-0.25, -0.2) is 0 Å². The van der Waals surface area contributed by atoms with Crippen molar-refractivity contribution in [3.8, 4) is 0 Å². The number of hydrogen-bond acceptors (Lipinski definition) is 3. The third-order valence-electron chi connectivity index (χ3n) is 3.46. The predicted molar refractivity (Wildman–Crippen MR) is 78.1 cm³/mol. The van der Waals surface area contributed by atoms with Gasteiger partial charge in [-0.15, -0.1) is 12.4 Å². The van der Waals surface area contributed by atoms with Gasteiger partial charge in [-0.3, -0.25) is 9.59 Å². The molecule has 0 saturated carbocycles. The highest BCUT2D eigenvalue weighted by Crippen LogP contribution is 2.18. The molecule has 0 spiro atoms. The molecule has 1 fully saturated rings. The van der Waals surface area contributed by atoms with Gasteiger partial charge in [-0.05, 0) is 31.7 Å². The third kappa shape index (κ3) is 5.37. The molecule has 2 atom stereocenters. The number of nitrogens with zero attached hydrogens (tertiary/aromatic N) is 1. The minimum Gasteiger partial charge on any atom is -0.354 e. The molecule has 0 aliphatic carbocycles. The Morgan fingerprint density at radius 3 is 2.68 bits per heavy atom. The van der Waals surface area contributed by atoms with Crippen LogP contribution < -0.4 is 11.1 Å². The van der Waals surface area contributed by atoms with Crippen molar-refractivity contribution in [2.24, 2.45) is 11.7 Å². The molecular weight excluding hydrogens is 266 g/mol. The van der Waals surface area contributed by atoms with Gasteiger partial charge in [0.05, 0.1) is 0 Å². The van der Waals surface area contributed by atoms with Crippen molar-refractivity contribution in [1.82, 2.24) is 10.2 Å². The Bertz CT molecular complexity index is 300. The molecule has 19 heavy (non-hydrogen) atoms. The van der Waals surface area contributed by atoms with Gasteiger partial charge < -0.3 is 16.0 Å². The van der Waals surface area contributed by atoms with Gasteiger partial charge in [-0.1, -0.05) is 13.8 Å². The number of amides is 2. The highest BCUT2D eigenvalue weighted by atomic mass is 35.5. The number of likely N-dealkylation sites (tertiary alicyclic amines) is 1. The monoisotopic (exact) mass is 291 g/mol. The van der Waals surface area contributed by atoms with E-state index in [1.807, 2.05) is 13.8 Å². The van der Waals surface area contributed by atoms with Crippen molar-refractivity contribution in [1.29, 1.82) is 0 Å². The van der Waals surface area contributed by atoms with Crippen LogP contribution in [0.25, 0.3) is 0 Å². The Hall–Kier alpha value is -0.810. The van der Waals surface area contributed by atoms with Gasteiger partial charge in [0.15, 0.2) is 0 Å². The maximum atomic E-state index is 12.1. The van der Waals surface area contributed by atoms with Gasteiger partial charge in [0, 0.05) is 19.5 Å². The minimum absolute atomic E-state index is 0. The summed E-state index contributed by atoms with van der Waals surface area (Å²) in [6, 6.07) is -0.281. The summed E-state index contributed by atoms with van der Waals surface area (Å²) >= 11 is 0. The van der Waals surface area contributed by atoms with Gasteiger partial charge in [-0.2, -0.15) is 0 Å². The zero-order valence-electron chi connectivity index (χ0n) is 11.9. The van der Waals surface area contributed by atoms with Crippen LogP contribution in [0.2, 0.25) is 0 Å². The fraction of sp³-hybridized carbons (Fsp3) is 0.846. The molecule has 1 aliphatic heterocycles. The molecule has 0 aromatic heterocycles. The Morgan fingerprint density at radius 1 is 1.42 bits per heavy atom. The summed E-state index contributed by atoms with van der Waals surface area (Å²) in [5, 5.41) is 2.90. The highest BCUT2D eigenvalue weighted by molar-refractivity contribution is 5.87. The van der Waals surface area contributed by atoms with Gasteiger partial charge in [0.1, 0.15) is 6.04 Å². The lowest BCUT2D eigenvalue weighted by atomic mass is 10.0. The first kappa shape index (κ1) is 18.2. The van der Waals surface area contributed by atoms with Crippen LogP contribution in [0.4, 0.5) is 0 Å². The summed E-state index contributed by atoms with van der Waals surface area (Å²) < 4.78 is 0. The van der Waals surface area contributed by atoms with Gasteiger partial charge in [0.25, 0.3) is 0 Å². The first-order valence-corrected chi connectivity index (χ1v) is 6.87. The van der Waals surface area contributed by atoms with Crippen LogP contribution in [0.15, 0.2) is 0 Å². The second-order valence-corrected chi connectivity index (χ2v) is 5.04. The molecule has 6 heteroatoms. The van der Waals surface area contributed by atoms with Crippen molar-refractivity contribution in [2.45, 2.75) is 45.6 Å². The second kappa shape index (κ2) is 9.15. The topological polar surface area (TPSA) is 75.4 Å². The van der Waals surface area contributed by atoms with Crippen LogP contribution >= 0.6 is 12.4 Å². The van der Waals surface area contributed by atoms with Crippen LogP contribution in [-0.2, 0) is 9.59 Å². The maximum absolute atomic E-state index is 12.1. The number of rotatable bonds is 5. The average molecular weight is 292 g/mol. The normalized spacial score (nSPS) is 20.4. The number of nitrogens with one attached hydrogen (secondary N) is 1. The summed E-state index contributed by atoms with van der Waals surface area (Å²) in [7, 11) is 0. The summed E-state index contributed by atoms with van der Waals surface area (Å²) in [6.07, 6.45) is 3.24. The lowest BCUT2D eigenvalue weighted by Crippen LogP contribution is -2.52. The Balaban J connectivity index is 0.00000324. The van der Waals surface area contributed by atoms with Crippen molar-refractivity contribution in [3.63, 3.8) is 0 Å². The fourth-order valence-electron chi connectivity index (χ4n) is 2.18. The zero-order chi connectivity index (χ0) is 13.5. The second-order valence-electron chi connectivity index (χ2n) is 5.04. The van der Waals surface area contributed by atoms with Crippen LogP contribution in [0.5, 0.6) is 0 Å². The quantitative estimate of drug-likeness (QED) is 0.790. The van der Waals surface area contributed by atoms with Crippen molar-refractivity contribution in [3.05, 3.63) is 0 Å². The highest BCUT2D eigenvalue weighted by Gasteiger charge is 2.31. The number of piperidine rings is 1. The molecule has 1 rings (SSSR count). The molecule has 3 N–H and O–H groups in total. The molecule has 1 aliphatic rings. The molecule has 0 bridgehead atoms. The summed E-state index contributed by atoms with van der Waals surface area (Å²) in [5.41, 5.74) is 5.52. The minimum atomic E-state index is -0.281. The smallest absolute Gasteiger partial charge is 0.242 e. The van der Waals surface area contributed by atoms with E-state index in [0.717, 1.165) is 19.3 Å². The lowest BCUT2D eigenvalue weighted by Gasteiger charge is -2.34. The average Bonchev–Trinajstić information content (AvgIpc) is 2.43. The van der Waals surface area contributed by atoms with Crippen LogP contribution in [0, 0.1) is 5.92 Å². The number of halogens is 1. The first-order chi connectivity index (χ1) is 8.60. The number of carbonyl (C=O) groups excluding carboxylic acids is 2. The van der Waals surface area contributed by atoms with Gasteiger partial charge >= 0.3 is 0 Å². The zero-order valence-corrected chi connectivity index (χ0v) is 12.7. The molecule has 0 radical (unpaired) electrons. The molecule has 2 unspecified atom stereocenters. The summed E-state index contributed by atoms with van der Waals surface area (Å²) in [4.78, 5) is 25.6. The van der Waals surface area contributed by atoms with E-state index in [9.17, 15) is 9.59 Å². The van der Waals surface area contributed by atoms with Crippen molar-refractivity contribution < 1.29 is 9.59 Å². The molecule has 112 valence electrons. The SMILES string of the molecule is CCC(=O)N1CCCCC1C(=O)NCC(C)CN.Cl. The fourth-order valence-corrected chi connectivity index (χ4v) is 2.18. The molecule has 0 aromatic carbocycles. The van der Waals surface area contributed by atoms with E-state index in [2.05, 4.69) is 5.32 Å². The van der Waals surface area contributed by atoms with Crippen LogP contribution in [0.1, 0.15) is 39.5 Å². The molecule has 1 saturated heterocycles. The van der Waals surface area contributed by atoms with E-state index in [-0.39, 0.29) is 36.2 Å². The van der Waals surface area contributed by atoms with Crippen LogP contribution in [-0.4, -0.2) is 42.4 Å². The van der Waals surface area contributed by atoms with E-state index < -0.39 is 0 Å². The molecular formula is C13H26ClN3O2. The van der Waals surface area contributed by atoms with E-state index in [1.54, 1.807) is 4.90 Å². The molecule has 1 heterocycles. The number of carbonyl (C=O) groups is 2. The van der Waals surface area contributed by atoms with E-state index in [0.29, 0.717) is 26.1 Å². The van der Waals surface area contributed by atoms with Gasteiger partial charge in [0.2, 0.25) is 11.8 Å². The number of hydrogen-bond donors (Lipinski definition) is 2. The Morgan fingerprint density at radius 2 is 2.11 bits per heavy atom. The van der Waals surface area contributed by atoms with E-state index in [4.69, 9.17) is 5.73 Å². The molecule has 0 aromatic rings. The maximum Gasteiger partial charge on any atom is 0.242 e. The van der Waals surface area contributed by atoms with E-state index in [1.165, 1.54) is 0 Å². The Labute approximate surface area is 121 Å².